The Morgan fingerprint density at radius 3 is 2.78 bits per heavy atom. The highest BCUT2D eigenvalue weighted by molar-refractivity contribution is 8.00. The summed E-state index contributed by atoms with van der Waals surface area (Å²) in [7, 11) is 0. The molecule has 0 saturated carbocycles. The van der Waals surface area contributed by atoms with E-state index in [1.807, 2.05) is 36.6 Å². The maximum absolute atomic E-state index is 12.6. The number of pyridine rings is 1. The van der Waals surface area contributed by atoms with Gasteiger partial charge in [0.15, 0.2) is 0 Å². The normalized spacial score (nSPS) is 10.8. The number of carbonyl (C=O) groups is 1. The van der Waals surface area contributed by atoms with E-state index in [2.05, 4.69) is 10.3 Å². The second kappa shape index (κ2) is 6.47. The maximum atomic E-state index is 12.6. The zero-order valence-corrected chi connectivity index (χ0v) is 13.9. The number of nitrogens with one attached hydrogen (secondary N) is 2. The number of aromatic amines is 1. The van der Waals surface area contributed by atoms with Crippen molar-refractivity contribution in [3.8, 4) is 5.75 Å². The second-order valence-electron chi connectivity index (χ2n) is 4.86. The summed E-state index contributed by atoms with van der Waals surface area (Å²) >= 11 is 2.70. The molecule has 0 spiro atoms. The Kier molecular flexibility index (Phi) is 4.40. The molecule has 118 valence electrons. The number of thioether (sulfide) groups is 1. The molecule has 2 heterocycles. The number of hydrogen-bond donors (Lipinski definition) is 3. The average molecular weight is 346 g/mol. The summed E-state index contributed by atoms with van der Waals surface area (Å²) in [4.78, 5) is 26.8. The van der Waals surface area contributed by atoms with Gasteiger partial charge in [-0.15, -0.1) is 23.1 Å². The van der Waals surface area contributed by atoms with Crippen molar-refractivity contribution in [2.24, 2.45) is 0 Å². The van der Waals surface area contributed by atoms with Crippen LogP contribution in [0.2, 0.25) is 0 Å². The predicted octanol–water partition coefficient (Wildman–Crippen LogP) is 2.95. The Morgan fingerprint density at radius 2 is 2.09 bits per heavy atom. The lowest BCUT2D eigenvalue weighted by Crippen LogP contribution is -2.23. The fraction of sp³-hybridized carbons (Fsp3) is 0.125. The largest absolute Gasteiger partial charge is 0.506 e. The summed E-state index contributed by atoms with van der Waals surface area (Å²) in [6.45, 7) is 0.397. The van der Waals surface area contributed by atoms with Gasteiger partial charge in [0.25, 0.3) is 11.5 Å². The topological polar surface area (TPSA) is 82.2 Å². The number of hydrogen-bond acceptors (Lipinski definition) is 5. The molecule has 5 nitrogen and oxygen atoms in total. The fourth-order valence-electron chi connectivity index (χ4n) is 2.28. The number of aromatic hydroxyl groups is 1. The van der Waals surface area contributed by atoms with Gasteiger partial charge in [0, 0.05) is 12.6 Å². The molecule has 0 aliphatic carbocycles. The van der Waals surface area contributed by atoms with Crippen LogP contribution >= 0.6 is 23.1 Å². The first kappa shape index (κ1) is 15.6. The number of rotatable bonds is 4. The monoisotopic (exact) mass is 346 g/mol. The third-order valence-electron chi connectivity index (χ3n) is 3.33. The van der Waals surface area contributed by atoms with E-state index in [1.165, 1.54) is 23.1 Å². The van der Waals surface area contributed by atoms with E-state index in [0.29, 0.717) is 22.3 Å². The van der Waals surface area contributed by atoms with Gasteiger partial charge >= 0.3 is 0 Å². The Morgan fingerprint density at radius 1 is 1.35 bits per heavy atom. The summed E-state index contributed by atoms with van der Waals surface area (Å²) in [5.74, 6) is -0.378. The van der Waals surface area contributed by atoms with Gasteiger partial charge in [0.05, 0.1) is 20.0 Å². The van der Waals surface area contributed by atoms with Gasteiger partial charge in [-0.05, 0) is 11.8 Å². The molecule has 0 aliphatic rings. The second-order valence-corrected chi connectivity index (χ2v) is 6.96. The molecule has 0 saturated heterocycles. The van der Waals surface area contributed by atoms with Crippen LogP contribution in [-0.2, 0) is 6.54 Å². The molecule has 0 radical (unpaired) electrons. The third-order valence-corrected chi connectivity index (χ3v) is 5.66. The number of aromatic nitrogens is 1. The molecule has 0 atom stereocenters. The number of amides is 1. The highest BCUT2D eigenvalue weighted by atomic mass is 32.2. The van der Waals surface area contributed by atoms with Crippen molar-refractivity contribution in [1.82, 2.24) is 10.3 Å². The van der Waals surface area contributed by atoms with Crippen LogP contribution in [0.3, 0.4) is 0 Å². The first-order chi connectivity index (χ1) is 11.1. The van der Waals surface area contributed by atoms with Crippen LogP contribution in [0, 0.1) is 0 Å². The minimum atomic E-state index is -0.433. The average Bonchev–Trinajstić information content (AvgIpc) is 2.92. The summed E-state index contributed by atoms with van der Waals surface area (Å²) in [5, 5.41) is 12.8. The van der Waals surface area contributed by atoms with E-state index in [1.54, 1.807) is 0 Å². The molecule has 1 aromatic carbocycles. The Hall–Kier alpha value is -2.25. The van der Waals surface area contributed by atoms with Crippen molar-refractivity contribution in [3.05, 3.63) is 57.9 Å². The fourth-order valence-corrected chi connectivity index (χ4v) is 4.16. The Bertz CT molecular complexity index is 916. The van der Waals surface area contributed by atoms with Gasteiger partial charge in [-0.25, -0.2) is 0 Å². The molecule has 3 aromatic rings. The molecule has 0 bridgehead atoms. The zero-order chi connectivity index (χ0) is 16.4. The van der Waals surface area contributed by atoms with Crippen molar-refractivity contribution < 1.29 is 9.90 Å². The third kappa shape index (κ3) is 3.11. The Balaban J connectivity index is 1.97. The number of benzene rings is 1. The molecular formula is C16H14N2O3S2. The van der Waals surface area contributed by atoms with Crippen LogP contribution in [0.25, 0.3) is 10.2 Å². The van der Waals surface area contributed by atoms with Gasteiger partial charge in [0.2, 0.25) is 0 Å². The smallest absolute Gasteiger partial charge is 0.255 e. The molecule has 7 heteroatoms. The molecule has 2 aromatic heterocycles. The number of carbonyl (C=O) groups excluding carboxylic acids is 1. The highest BCUT2D eigenvalue weighted by Gasteiger charge is 2.21. The van der Waals surface area contributed by atoms with E-state index in [9.17, 15) is 14.7 Å². The molecule has 0 unspecified atom stereocenters. The minimum absolute atomic E-state index is 0.105. The standard InChI is InChI=1S/C16H14N2O3S2/c1-22-16-12(13-14(23-16)10(19)7-11(20)18-13)15(21)17-8-9-5-3-2-4-6-9/h2-7H,8H2,1H3,(H,17,21)(H2,18,19,20). The van der Waals surface area contributed by atoms with Crippen LogP contribution in [0.4, 0.5) is 0 Å². The van der Waals surface area contributed by atoms with Crippen LogP contribution in [0.15, 0.2) is 45.4 Å². The summed E-state index contributed by atoms with van der Waals surface area (Å²) < 4.78 is 1.27. The molecule has 0 aliphatic heterocycles. The van der Waals surface area contributed by atoms with Crippen molar-refractivity contribution in [2.75, 3.05) is 6.26 Å². The summed E-state index contributed by atoms with van der Waals surface area (Å²) in [5.41, 5.74) is 1.34. The van der Waals surface area contributed by atoms with Gasteiger partial charge in [0.1, 0.15) is 5.75 Å². The van der Waals surface area contributed by atoms with E-state index < -0.39 is 5.56 Å². The van der Waals surface area contributed by atoms with Gasteiger partial charge < -0.3 is 15.4 Å². The van der Waals surface area contributed by atoms with Gasteiger partial charge in [-0.1, -0.05) is 30.3 Å². The van der Waals surface area contributed by atoms with Crippen LogP contribution < -0.4 is 10.9 Å². The quantitative estimate of drug-likeness (QED) is 0.634. The van der Waals surface area contributed by atoms with Crippen molar-refractivity contribution >= 4 is 39.2 Å². The highest BCUT2D eigenvalue weighted by Crippen LogP contribution is 2.39. The number of thiophene rings is 1. The van der Waals surface area contributed by atoms with Crippen molar-refractivity contribution in [3.63, 3.8) is 0 Å². The molecule has 23 heavy (non-hydrogen) atoms. The van der Waals surface area contributed by atoms with Crippen molar-refractivity contribution in [2.45, 2.75) is 10.8 Å². The van der Waals surface area contributed by atoms with E-state index in [-0.39, 0.29) is 11.7 Å². The Labute approximate surface area is 140 Å². The molecule has 0 fully saturated rings. The molecule has 3 rings (SSSR count). The van der Waals surface area contributed by atoms with Crippen LogP contribution in [-0.4, -0.2) is 22.3 Å². The van der Waals surface area contributed by atoms with Crippen LogP contribution in [0.5, 0.6) is 5.75 Å². The summed E-state index contributed by atoms with van der Waals surface area (Å²) in [6, 6.07) is 10.7. The SMILES string of the molecule is CSc1sc2c(O)cc(=O)[nH]c2c1C(=O)NCc1ccccc1. The first-order valence-electron chi connectivity index (χ1n) is 6.85. The van der Waals surface area contributed by atoms with Crippen LogP contribution in [0.1, 0.15) is 15.9 Å². The molecule has 1 amide bonds. The number of H-pyrrole nitrogens is 1. The van der Waals surface area contributed by atoms with Crippen molar-refractivity contribution in [1.29, 1.82) is 0 Å². The minimum Gasteiger partial charge on any atom is -0.506 e. The van der Waals surface area contributed by atoms with E-state index in [4.69, 9.17) is 0 Å². The lowest BCUT2D eigenvalue weighted by atomic mass is 10.2. The predicted molar refractivity (Wildman–Crippen MR) is 93.5 cm³/mol. The molecule has 3 N–H and O–H groups in total. The van der Waals surface area contributed by atoms with E-state index >= 15 is 0 Å². The van der Waals surface area contributed by atoms with E-state index in [0.717, 1.165) is 15.8 Å². The lowest BCUT2D eigenvalue weighted by molar-refractivity contribution is 0.0950. The van der Waals surface area contributed by atoms with Gasteiger partial charge in [-0.2, -0.15) is 0 Å². The lowest BCUT2D eigenvalue weighted by Gasteiger charge is -2.06. The molecular weight excluding hydrogens is 332 g/mol. The zero-order valence-electron chi connectivity index (χ0n) is 12.3. The maximum Gasteiger partial charge on any atom is 0.255 e. The van der Waals surface area contributed by atoms with Gasteiger partial charge in [-0.3, -0.25) is 9.59 Å². The number of fused-ring (bicyclic) bond motifs is 1. The first-order valence-corrected chi connectivity index (χ1v) is 8.89. The summed E-state index contributed by atoms with van der Waals surface area (Å²) in [6.07, 6.45) is 1.86.